The lowest BCUT2D eigenvalue weighted by molar-refractivity contribution is 0.0793. The van der Waals surface area contributed by atoms with Crippen LogP contribution in [0.15, 0.2) is 58.7 Å². The van der Waals surface area contributed by atoms with Gasteiger partial charge in [0, 0.05) is 59.9 Å². The third kappa shape index (κ3) is 4.80. The quantitative estimate of drug-likeness (QED) is 0.352. The molecule has 2 aromatic carbocycles. The summed E-state index contributed by atoms with van der Waals surface area (Å²) in [5, 5.41) is 31.9. The maximum atomic E-state index is 10.6. The molecule has 0 aromatic heterocycles. The van der Waals surface area contributed by atoms with Crippen molar-refractivity contribution in [3.05, 3.63) is 70.4 Å². The van der Waals surface area contributed by atoms with E-state index in [9.17, 15) is 10.2 Å². The maximum absolute atomic E-state index is 10.6. The number of para-hydroxylation sites is 1. The van der Waals surface area contributed by atoms with E-state index >= 15 is 0 Å². The van der Waals surface area contributed by atoms with E-state index in [4.69, 9.17) is 0 Å². The molecule has 0 spiro atoms. The van der Waals surface area contributed by atoms with Crippen LogP contribution in [0.5, 0.6) is 0 Å². The molecule has 2 heterocycles. The molecule has 190 valence electrons. The first kappa shape index (κ1) is 24.6. The highest BCUT2D eigenvalue weighted by Gasteiger charge is 2.39. The lowest BCUT2D eigenvalue weighted by Crippen LogP contribution is -2.32. The maximum Gasteiger partial charge on any atom is 0.104 e. The second kappa shape index (κ2) is 9.41. The molecule has 2 aliphatic heterocycles. The fourth-order valence-electron chi connectivity index (χ4n) is 5.65. The van der Waals surface area contributed by atoms with Crippen molar-refractivity contribution in [1.29, 1.82) is 0 Å². The van der Waals surface area contributed by atoms with E-state index in [2.05, 4.69) is 58.2 Å². The average molecular weight is 487 g/mol. The molecule has 5 rings (SSSR count). The highest BCUT2D eigenvalue weighted by molar-refractivity contribution is 6.09. The van der Waals surface area contributed by atoms with Gasteiger partial charge in [0.05, 0.1) is 11.3 Å². The number of hydrogen-bond acceptors (Lipinski definition) is 6. The molecule has 6 heteroatoms. The van der Waals surface area contributed by atoms with Crippen LogP contribution in [0.2, 0.25) is 0 Å². The number of rotatable bonds is 7. The van der Waals surface area contributed by atoms with Crippen LogP contribution in [-0.2, 0) is 5.60 Å². The minimum atomic E-state index is -0.885. The van der Waals surface area contributed by atoms with Gasteiger partial charge >= 0.3 is 0 Å². The Morgan fingerprint density at radius 2 is 2.00 bits per heavy atom. The van der Waals surface area contributed by atoms with Crippen molar-refractivity contribution in [2.45, 2.75) is 64.6 Å². The largest absolute Gasteiger partial charge is 0.386 e. The molecular weight excluding hydrogens is 448 g/mol. The summed E-state index contributed by atoms with van der Waals surface area (Å²) in [6.45, 7) is 10.00. The molecule has 1 fully saturated rings. The van der Waals surface area contributed by atoms with Gasteiger partial charge in [-0.25, -0.2) is 0 Å². The molecule has 5 N–H and O–H groups in total. The summed E-state index contributed by atoms with van der Waals surface area (Å²) in [6.07, 6.45) is 5.65. The predicted octanol–water partition coefficient (Wildman–Crippen LogP) is 5.59. The Morgan fingerprint density at radius 3 is 2.78 bits per heavy atom. The van der Waals surface area contributed by atoms with E-state index in [1.54, 1.807) is 0 Å². The molecule has 36 heavy (non-hydrogen) atoms. The van der Waals surface area contributed by atoms with Gasteiger partial charge in [0.25, 0.3) is 0 Å². The van der Waals surface area contributed by atoms with Crippen molar-refractivity contribution in [2.75, 3.05) is 35.6 Å². The van der Waals surface area contributed by atoms with E-state index in [-0.39, 0.29) is 0 Å². The van der Waals surface area contributed by atoms with Gasteiger partial charge in [-0.15, -0.1) is 0 Å². The van der Waals surface area contributed by atoms with E-state index in [0.717, 1.165) is 73.7 Å². The lowest BCUT2D eigenvalue weighted by atomic mass is 9.89. The molecule has 6 nitrogen and oxygen atoms in total. The van der Waals surface area contributed by atoms with Crippen LogP contribution in [0.4, 0.5) is 17.1 Å². The molecule has 1 saturated carbocycles. The summed E-state index contributed by atoms with van der Waals surface area (Å²) >= 11 is 0. The van der Waals surface area contributed by atoms with Gasteiger partial charge in [0.1, 0.15) is 5.60 Å². The summed E-state index contributed by atoms with van der Waals surface area (Å²) < 4.78 is 0. The summed E-state index contributed by atoms with van der Waals surface area (Å²) in [4.78, 5) is 4.61. The third-order valence-corrected chi connectivity index (χ3v) is 7.58. The van der Waals surface area contributed by atoms with Gasteiger partial charge < -0.3 is 26.2 Å². The minimum absolute atomic E-state index is 0.724. The number of dihydropyridines is 1. The second-order valence-corrected chi connectivity index (χ2v) is 10.9. The number of anilines is 3. The highest BCUT2D eigenvalue weighted by atomic mass is 16.3. The lowest BCUT2D eigenvalue weighted by Gasteiger charge is -2.28. The predicted molar refractivity (Wildman–Crippen MR) is 150 cm³/mol. The van der Waals surface area contributed by atoms with Gasteiger partial charge in [-0.1, -0.05) is 24.3 Å². The van der Waals surface area contributed by atoms with Crippen LogP contribution >= 0.6 is 0 Å². The number of benzene rings is 2. The van der Waals surface area contributed by atoms with Crippen LogP contribution in [0.3, 0.4) is 0 Å². The standard InChI is InChI=1S/C30H38N4O2/c1-19-18-21(34-26-13-17-33-28-23(26)10-14-30(28,4)36)8-9-25(19)31-15-11-20-12-16-32-27-22(20)6-5-7-24(27)29(2,3)35/h5-9,12,18,31-32,34-36H,10-11,13-17H2,1-4H3. The van der Waals surface area contributed by atoms with Crippen molar-refractivity contribution >= 4 is 28.3 Å². The smallest absolute Gasteiger partial charge is 0.104 e. The molecule has 0 saturated heterocycles. The van der Waals surface area contributed by atoms with Crippen LogP contribution in [0.25, 0.3) is 5.57 Å². The normalized spacial score (nSPS) is 21.3. The molecule has 3 aliphatic rings. The van der Waals surface area contributed by atoms with Gasteiger partial charge in [-0.3, -0.25) is 4.99 Å². The summed E-state index contributed by atoms with van der Waals surface area (Å²) in [5.74, 6) is 0. The van der Waals surface area contributed by atoms with Crippen molar-refractivity contribution in [3.8, 4) is 0 Å². The van der Waals surface area contributed by atoms with Crippen LogP contribution in [-0.4, -0.2) is 41.2 Å². The second-order valence-electron chi connectivity index (χ2n) is 10.9. The molecule has 1 atom stereocenters. The zero-order chi connectivity index (χ0) is 25.5. The van der Waals surface area contributed by atoms with Crippen LogP contribution < -0.4 is 16.0 Å². The Labute approximate surface area is 214 Å². The molecule has 1 unspecified atom stereocenters. The summed E-state index contributed by atoms with van der Waals surface area (Å²) in [5.41, 5.74) is 9.42. The SMILES string of the molecule is Cc1cc(NC2=C3CCC(C)(O)C3=NCC2)ccc1NCCC1=CCNc2c1cccc2C(C)(C)O. The Bertz CT molecular complexity index is 1260. The van der Waals surface area contributed by atoms with Gasteiger partial charge in [0.2, 0.25) is 0 Å². The summed E-state index contributed by atoms with van der Waals surface area (Å²) in [6, 6.07) is 12.6. The number of aryl methyl sites for hydroxylation is 1. The fourth-order valence-corrected chi connectivity index (χ4v) is 5.65. The molecular formula is C30H38N4O2. The Kier molecular flexibility index (Phi) is 6.43. The van der Waals surface area contributed by atoms with Gasteiger partial charge in [0.15, 0.2) is 0 Å². The third-order valence-electron chi connectivity index (χ3n) is 7.58. The molecule has 2 aromatic rings. The zero-order valence-corrected chi connectivity index (χ0v) is 21.8. The Balaban J connectivity index is 1.24. The van der Waals surface area contributed by atoms with Gasteiger partial charge in [-0.05, 0) is 81.9 Å². The van der Waals surface area contributed by atoms with Crippen molar-refractivity contribution in [2.24, 2.45) is 4.99 Å². The zero-order valence-electron chi connectivity index (χ0n) is 21.8. The van der Waals surface area contributed by atoms with E-state index in [1.165, 1.54) is 28.0 Å². The average Bonchev–Trinajstić information content (AvgIpc) is 3.15. The first-order valence-corrected chi connectivity index (χ1v) is 13.0. The van der Waals surface area contributed by atoms with Crippen LogP contribution in [0.1, 0.15) is 63.1 Å². The van der Waals surface area contributed by atoms with Crippen LogP contribution in [0, 0.1) is 6.92 Å². The number of nitrogens with zero attached hydrogens (tertiary/aromatic N) is 1. The monoisotopic (exact) mass is 486 g/mol. The number of fused-ring (bicyclic) bond motifs is 2. The first-order chi connectivity index (χ1) is 17.1. The fraction of sp³-hybridized carbons (Fsp3) is 0.433. The van der Waals surface area contributed by atoms with Crippen molar-refractivity contribution < 1.29 is 10.2 Å². The number of aliphatic hydroxyl groups is 2. The molecule has 0 bridgehead atoms. The number of aliphatic imine (C=N–C) groups is 1. The number of nitrogens with one attached hydrogen (secondary N) is 3. The molecule has 1 aliphatic carbocycles. The highest BCUT2D eigenvalue weighted by Crippen LogP contribution is 2.38. The molecule has 0 radical (unpaired) electrons. The Morgan fingerprint density at radius 1 is 1.17 bits per heavy atom. The number of hydrogen-bond donors (Lipinski definition) is 5. The first-order valence-electron chi connectivity index (χ1n) is 13.0. The topological polar surface area (TPSA) is 88.9 Å². The van der Waals surface area contributed by atoms with Crippen molar-refractivity contribution in [1.82, 2.24) is 0 Å². The minimum Gasteiger partial charge on any atom is -0.386 e. The van der Waals surface area contributed by atoms with E-state index < -0.39 is 11.2 Å². The van der Waals surface area contributed by atoms with E-state index in [1.807, 2.05) is 32.9 Å². The van der Waals surface area contributed by atoms with Gasteiger partial charge in [-0.2, -0.15) is 0 Å². The Hall–Kier alpha value is -3.09. The van der Waals surface area contributed by atoms with E-state index in [0.29, 0.717) is 0 Å². The van der Waals surface area contributed by atoms with Crippen molar-refractivity contribution in [3.63, 3.8) is 0 Å². The summed E-state index contributed by atoms with van der Waals surface area (Å²) in [7, 11) is 0. The molecule has 0 amide bonds.